The Kier molecular flexibility index (Phi) is 11.5. The summed E-state index contributed by atoms with van der Waals surface area (Å²) in [6.45, 7) is 7.75. The number of anilines is 1. The maximum atomic E-state index is 13.0. The lowest BCUT2D eigenvalue weighted by Crippen LogP contribution is -2.44. The van der Waals surface area contributed by atoms with Crippen molar-refractivity contribution >= 4 is 39.8 Å². The van der Waals surface area contributed by atoms with E-state index in [0.717, 1.165) is 4.47 Å². The minimum atomic E-state index is -4.62. The van der Waals surface area contributed by atoms with E-state index in [9.17, 15) is 27.6 Å². The summed E-state index contributed by atoms with van der Waals surface area (Å²) in [6, 6.07) is 3.30. The molecule has 0 aliphatic heterocycles. The van der Waals surface area contributed by atoms with Crippen LogP contribution in [-0.4, -0.2) is 76.4 Å². The van der Waals surface area contributed by atoms with Crippen LogP contribution in [0.1, 0.15) is 54.4 Å². The van der Waals surface area contributed by atoms with Gasteiger partial charge in [0.25, 0.3) is 0 Å². The van der Waals surface area contributed by atoms with Gasteiger partial charge in [-0.25, -0.2) is 14.6 Å². The number of nitrogens with zero attached hydrogens (tertiary/aromatic N) is 3. The number of pyridine rings is 1. The molecule has 0 aromatic carbocycles. The summed E-state index contributed by atoms with van der Waals surface area (Å²) in [5.41, 5.74) is -1.79. The van der Waals surface area contributed by atoms with Gasteiger partial charge in [0.15, 0.2) is 0 Å². The first-order valence-corrected chi connectivity index (χ1v) is 12.1. The number of rotatable bonds is 9. The molecular formula is C23H34BrF3N4O5. The molecule has 0 aliphatic rings. The van der Waals surface area contributed by atoms with Gasteiger partial charge in [0, 0.05) is 36.7 Å². The van der Waals surface area contributed by atoms with Crippen molar-refractivity contribution in [2.75, 3.05) is 31.5 Å². The summed E-state index contributed by atoms with van der Waals surface area (Å²) >= 11 is 3.28. The lowest BCUT2D eigenvalue weighted by molar-refractivity contribution is -0.144. The van der Waals surface area contributed by atoms with Crippen LogP contribution in [0.25, 0.3) is 0 Å². The Balaban J connectivity index is 2.84. The maximum Gasteiger partial charge on any atom is 0.410 e. The highest BCUT2D eigenvalue weighted by Crippen LogP contribution is 2.20. The van der Waals surface area contributed by atoms with Gasteiger partial charge in [0.2, 0.25) is 5.91 Å². The second kappa shape index (κ2) is 13.1. The first-order chi connectivity index (χ1) is 16.3. The zero-order chi connectivity index (χ0) is 27.7. The molecule has 0 aliphatic carbocycles. The van der Waals surface area contributed by atoms with Crippen LogP contribution in [0.5, 0.6) is 0 Å². The number of halogens is 4. The van der Waals surface area contributed by atoms with Crippen LogP contribution in [0.15, 0.2) is 22.8 Å². The molecule has 3 amide bonds. The van der Waals surface area contributed by atoms with E-state index in [4.69, 9.17) is 9.47 Å². The third-order valence-corrected chi connectivity index (χ3v) is 4.62. The Morgan fingerprint density at radius 3 is 1.97 bits per heavy atom. The van der Waals surface area contributed by atoms with Crippen molar-refractivity contribution in [1.82, 2.24) is 14.8 Å². The summed E-state index contributed by atoms with van der Waals surface area (Å²) in [5.74, 6) is -0.0973. The standard InChI is InChI=1S/C23H34BrF3N4O5/c1-21(2,3)35-19(33)30(13-9-18(32)29-17-14-16(24)8-10-28-17)11-7-12-31(15-23(25,26)27)20(34)36-22(4,5)6/h8,10,14H,7,9,11-13,15H2,1-6H3,(H,28,29,32). The number of aromatic nitrogens is 1. The maximum absolute atomic E-state index is 13.0. The van der Waals surface area contributed by atoms with Gasteiger partial charge in [0.1, 0.15) is 23.6 Å². The zero-order valence-electron chi connectivity index (χ0n) is 21.4. The Labute approximate surface area is 217 Å². The van der Waals surface area contributed by atoms with Crippen LogP contribution in [0, 0.1) is 0 Å². The van der Waals surface area contributed by atoms with Gasteiger partial charge >= 0.3 is 18.4 Å². The average molecular weight is 583 g/mol. The molecule has 13 heteroatoms. The Hall–Kier alpha value is -2.57. The number of hydrogen-bond donors (Lipinski definition) is 1. The summed E-state index contributed by atoms with van der Waals surface area (Å²) in [5, 5.41) is 2.61. The van der Waals surface area contributed by atoms with Crippen molar-refractivity contribution in [2.45, 2.75) is 71.8 Å². The Morgan fingerprint density at radius 2 is 1.47 bits per heavy atom. The minimum absolute atomic E-state index is 0.00335. The van der Waals surface area contributed by atoms with Crippen molar-refractivity contribution in [1.29, 1.82) is 0 Å². The van der Waals surface area contributed by atoms with E-state index in [1.807, 2.05) is 0 Å². The predicted octanol–water partition coefficient (Wildman–Crippen LogP) is 5.60. The number of carbonyl (C=O) groups is 3. The van der Waals surface area contributed by atoms with Gasteiger partial charge < -0.3 is 19.7 Å². The van der Waals surface area contributed by atoms with Gasteiger partial charge in [-0.2, -0.15) is 13.2 Å². The molecule has 0 saturated heterocycles. The van der Waals surface area contributed by atoms with E-state index in [1.54, 1.807) is 53.7 Å². The average Bonchev–Trinajstić information content (AvgIpc) is 2.65. The topological polar surface area (TPSA) is 101 Å². The molecule has 1 rings (SSSR count). The number of amides is 3. The fourth-order valence-corrected chi connectivity index (χ4v) is 3.10. The van der Waals surface area contributed by atoms with Gasteiger partial charge in [-0.3, -0.25) is 9.69 Å². The van der Waals surface area contributed by atoms with Gasteiger partial charge in [-0.15, -0.1) is 0 Å². The van der Waals surface area contributed by atoms with Crippen molar-refractivity contribution in [2.24, 2.45) is 0 Å². The molecule has 1 aromatic rings. The normalized spacial score (nSPS) is 12.1. The summed E-state index contributed by atoms with van der Waals surface area (Å²) in [7, 11) is 0. The first-order valence-electron chi connectivity index (χ1n) is 11.3. The van der Waals surface area contributed by atoms with Crippen molar-refractivity contribution in [3.8, 4) is 0 Å². The number of carbonyl (C=O) groups excluding carboxylic acids is 3. The molecular weight excluding hydrogens is 549 g/mol. The summed E-state index contributed by atoms with van der Waals surface area (Å²) < 4.78 is 50.2. The second-order valence-corrected chi connectivity index (χ2v) is 10.9. The fourth-order valence-electron chi connectivity index (χ4n) is 2.77. The molecule has 1 aromatic heterocycles. The fraction of sp³-hybridized carbons (Fsp3) is 0.652. The van der Waals surface area contributed by atoms with Crippen LogP contribution in [0.2, 0.25) is 0 Å². The molecule has 9 nitrogen and oxygen atoms in total. The third-order valence-electron chi connectivity index (χ3n) is 4.13. The largest absolute Gasteiger partial charge is 0.444 e. The second-order valence-electron chi connectivity index (χ2n) is 10.00. The van der Waals surface area contributed by atoms with Crippen LogP contribution >= 0.6 is 15.9 Å². The lowest BCUT2D eigenvalue weighted by Gasteiger charge is -2.30. The highest BCUT2D eigenvalue weighted by molar-refractivity contribution is 9.10. The molecule has 1 N–H and O–H groups in total. The van der Waals surface area contributed by atoms with Gasteiger partial charge in [-0.05, 0) is 60.1 Å². The van der Waals surface area contributed by atoms with E-state index in [2.05, 4.69) is 26.2 Å². The zero-order valence-corrected chi connectivity index (χ0v) is 23.0. The molecule has 0 saturated carbocycles. The molecule has 0 radical (unpaired) electrons. The smallest absolute Gasteiger partial charge is 0.410 e. The van der Waals surface area contributed by atoms with E-state index >= 15 is 0 Å². The van der Waals surface area contributed by atoms with Crippen LogP contribution in [-0.2, 0) is 14.3 Å². The molecule has 36 heavy (non-hydrogen) atoms. The molecule has 0 unspecified atom stereocenters. The molecule has 0 fully saturated rings. The molecule has 0 atom stereocenters. The van der Waals surface area contributed by atoms with E-state index in [1.165, 1.54) is 11.1 Å². The third kappa shape index (κ3) is 14.1. The minimum Gasteiger partial charge on any atom is -0.444 e. The van der Waals surface area contributed by atoms with Gasteiger partial charge in [0.05, 0.1) is 0 Å². The van der Waals surface area contributed by atoms with E-state index in [-0.39, 0.29) is 32.5 Å². The summed E-state index contributed by atoms with van der Waals surface area (Å²) in [4.78, 5) is 43.1. The van der Waals surface area contributed by atoms with E-state index < -0.39 is 42.0 Å². The Bertz CT molecular complexity index is 901. The monoisotopic (exact) mass is 582 g/mol. The highest BCUT2D eigenvalue weighted by Gasteiger charge is 2.35. The lowest BCUT2D eigenvalue weighted by atomic mass is 10.2. The molecule has 0 spiro atoms. The van der Waals surface area contributed by atoms with E-state index in [0.29, 0.717) is 10.7 Å². The number of ether oxygens (including phenoxy) is 2. The van der Waals surface area contributed by atoms with Gasteiger partial charge in [-0.1, -0.05) is 15.9 Å². The van der Waals surface area contributed by atoms with Crippen molar-refractivity contribution in [3.05, 3.63) is 22.8 Å². The predicted molar refractivity (Wildman–Crippen MR) is 131 cm³/mol. The molecule has 1 heterocycles. The quantitative estimate of drug-likeness (QED) is 0.406. The van der Waals surface area contributed by atoms with Crippen LogP contribution < -0.4 is 5.32 Å². The van der Waals surface area contributed by atoms with Crippen molar-refractivity contribution in [3.63, 3.8) is 0 Å². The summed E-state index contributed by atoms with van der Waals surface area (Å²) in [6.07, 6.45) is -5.06. The highest BCUT2D eigenvalue weighted by atomic mass is 79.9. The van der Waals surface area contributed by atoms with Crippen molar-refractivity contribution < 1.29 is 37.0 Å². The molecule has 0 bridgehead atoms. The van der Waals surface area contributed by atoms with Crippen LogP contribution in [0.4, 0.5) is 28.6 Å². The van der Waals surface area contributed by atoms with Crippen LogP contribution in [0.3, 0.4) is 0 Å². The Morgan fingerprint density at radius 1 is 0.944 bits per heavy atom. The molecule has 204 valence electrons. The SMILES string of the molecule is CC(C)(C)OC(=O)N(CCCN(CC(F)(F)F)C(=O)OC(C)(C)C)CCC(=O)Nc1cc(Br)ccn1. The number of nitrogens with one attached hydrogen (secondary N) is 1. The first kappa shape index (κ1) is 31.5. The number of hydrogen-bond acceptors (Lipinski definition) is 6. The number of alkyl halides is 3.